The van der Waals surface area contributed by atoms with E-state index in [9.17, 15) is 18.0 Å². The Balaban J connectivity index is 2.30. The molecule has 2 rings (SSSR count). The molecule has 28 heavy (non-hydrogen) atoms. The third kappa shape index (κ3) is 6.18. The molecular formula is C18H24N4O4S2. The highest BCUT2D eigenvalue weighted by atomic mass is 32.2. The van der Waals surface area contributed by atoms with Gasteiger partial charge in [0.2, 0.25) is 10.2 Å². The van der Waals surface area contributed by atoms with Gasteiger partial charge in [-0.3, -0.25) is 14.6 Å². The van der Waals surface area contributed by atoms with Gasteiger partial charge in [-0.2, -0.15) is 4.31 Å². The number of pyridine rings is 1. The van der Waals surface area contributed by atoms with E-state index < -0.39 is 16.1 Å². The quantitative estimate of drug-likeness (QED) is 0.623. The summed E-state index contributed by atoms with van der Waals surface area (Å²) in [6.45, 7) is 4.75. The van der Waals surface area contributed by atoms with Crippen molar-refractivity contribution in [3.63, 3.8) is 0 Å². The smallest absolute Gasteiger partial charge is 0.271 e. The molecule has 0 bridgehead atoms. The van der Waals surface area contributed by atoms with Crippen LogP contribution >= 0.6 is 11.3 Å². The summed E-state index contributed by atoms with van der Waals surface area (Å²) in [7, 11) is -3.97. The minimum atomic E-state index is -3.97. The summed E-state index contributed by atoms with van der Waals surface area (Å²) >= 11 is 0.983. The van der Waals surface area contributed by atoms with Gasteiger partial charge in [0.15, 0.2) is 5.78 Å². The van der Waals surface area contributed by atoms with Crippen molar-refractivity contribution in [2.45, 2.75) is 44.1 Å². The number of thiazole rings is 1. The van der Waals surface area contributed by atoms with Crippen molar-refractivity contribution in [1.29, 1.82) is 0 Å². The first-order chi connectivity index (χ1) is 13.2. The second-order valence-corrected chi connectivity index (χ2v) is 9.75. The maximum absolute atomic E-state index is 13.0. The summed E-state index contributed by atoms with van der Waals surface area (Å²) < 4.78 is 27.0. The molecule has 2 aromatic rings. The maximum atomic E-state index is 13.0. The van der Waals surface area contributed by atoms with E-state index in [-0.39, 0.29) is 35.0 Å². The van der Waals surface area contributed by atoms with E-state index in [2.05, 4.69) is 15.3 Å². The van der Waals surface area contributed by atoms with E-state index in [1.165, 1.54) is 13.1 Å². The number of aromatic nitrogens is 2. The largest absolute Gasteiger partial charge is 0.346 e. The highest BCUT2D eigenvalue weighted by Gasteiger charge is 2.32. The first-order valence-corrected chi connectivity index (χ1v) is 11.1. The van der Waals surface area contributed by atoms with Gasteiger partial charge in [-0.25, -0.2) is 13.4 Å². The zero-order chi connectivity index (χ0) is 20.7. The van der Waals surface area contributed by atoms with Crippen molar-refractivity contribution < 1.29 is 18.0 Å². The normalized spacial score (nSPS) is 12.9. The Morgan fingerprint density at radius 1 is 1.21 bits per heavy atom. The van der Waals surface area contributed by atoms with Gasteiger partial charge in [0, 0.05) is 24.7 Å². The van der Waals surface area contributed by atoms with E-state index in [0.29, 0.717) is 12.1 Å². The molecule has 0 radical (unpaired) electrons. The molecule has 1 atom stereocenters. The Labute approximate surface area is 169 Å². The van der Waals surface area contributed by atoms with Crippen LogP contribution in [0, 0.1) is 5.92 Å². The van der Waals surface area contributed by atoms with Gasteiger partial charge in [-0.05, 0) is 24.5 Å². The van der Waals surface area contributed by atoms with Crippen molar-refractivity contribution in [2.75, 3.05) is 6.54 Å². The average Bonchev–Trinajstić information content (AvgIpc) is 3.16. The number of sulfonamides is 1. The molecule has 0 spiro atoms. The van der Waals surface area contributed by atoms with Crippen LogP contribution in [0.1, 0.15) is 32.9 Å². The Kier molecular flexibility index (Phi) is 7.78. The van der Waals surface area contributed by atoms with Crippen LogP contribution in [0.5, 0.6) is 0 Å². The van der Waals surface area contributed by atoms with Gasteiger partial charge >= 0.3 is 0 Å². The number of Topliss-reactive ketones (excluding diaryl/α,β-unsaturated/α-hetero) is 1. The van der Waals surface area contributed by atoms with Gasteiger partial charge in [0.05, 0.1) is 24.8 Å². The zero-order valence-corrected chi connectivity index (χ0v) is 17.7. The lowest BCUT2D eigenvalue weighted by Crippen LogP contribution is -2.46. The number of amides is 1. The molecule has 8 nitrogen and oxygen atoms in total. The van der Waals surface area contributed by atoms with E-state index in [1.54, 1.807) is 29.8 Å². The van der Waals surface area contributed by atoms with Crippen LogP contribution in [-0.4, -0.2) is 47.0 Å². The first-order valence-electron chi connectivity index (χ1n) is 8.79. The second-order valence-electron chi connectivity index (χ2n) is 6.74. The van der Waals surface area contributed by atoms with Crippen LogP contribution in [0.15, 0.2) is 40.3 Å². The molecule has 1 amide bonds. The van der Waals surface area contributed by atoms with Gasteiger partial charge in [-0.1, -0.05) is 19.9 Å². The van der Waals surface area contributed by atoms with E-state index in [1.807, 2.05) is 13.8 Å². The highest BCUT2D eigenvalue weighted by molar-refractivity contribution is 7.91. The first kappa shape index (κ1) is 22.1. The molecule has 152 valence electrons. The fourth-order valence-corrected chi connectivity index (χ4v) is 4.96. The summed E-state index contributed by atoms with van der Waals surface area (Å²) in [6, 6.07) is 4.41. The zero-order valence-electron chi connectivity index (χ0n) is 16.0. The van der Waals surface area contributed by atoms with Crippen molar-refractivity contribution in [1.82, 2.24) is 19.6 Å². The minimum Gasteiger partial charge on any atom is -0.346 e. The molecule has 0 fully saturated rings. The van der Waals surface area contributed by atoms with Crippen LogP contribution in [0.4, 0.5) is 0 Å². The number of hydrogen-bond donors (Lipinski definition) is 1. The summed E-state index contributed by atoms with van der Waals surface area (Å²) in [5.41, 5.74) is 0.510. The summed E-state index contributed by atoms with van der Waals surface area (Å²) in [5, 5.41) is 4.19. The number of carbonyl (C=O) groups is 2. The molecular weight excluding hydrogens is 400 g/mol. The second kappa shape index (κ2) is 9.85. The van der Waals surface area contributed by atoms with Crippen LogP contribution in [-0.2, 0) is 26.2 Å². The predicted octanol–water partition coefficient (Wildman–Crippen LogP) is 1.85. The van der Waals surface area contributed by atoms with Crippen LogP contribution in [0.25, 0.3) is 0 Å². The molecule has 1 N–H and O–H groups in total. The Morgan fingerprint density at radius 3 is 2.50 bits per heavy atom. The highest BCUT2D eigenvalue weighted by Crippen LogP contribution is 2.20. The molecule has 0 aliphatic carbocycles. The average molecular weight is 425 g/mol. The Morgan fingerprint density at radius 2 is 1.96 bits per heavy atom. The van der Waals surface area contributed by atoms with Crippen molar-refractivity contribution >= 4 is 33.1 Å². The number of ketones is 1. The van der Waals surface area contributed by atoms with Gasteiger partial charge < -0.3 is 5.32 Å². The topological polar surface area (TPSA) is 109 Å². The van der Waals surface area contributed by atoms with E-state index in [0.717, 1.165) is 15.6 Å². The molecule has 1 unspecified atom stereocenters. The minimum absolute atomic E-state index is 0.0665. The molecule has 2 aromatic heterocycles. The molecule has 0 aliphatic rings. The number of hydrogen-bond acceptors (Lipinski definition) is 7. The van der Waals surface area contributed by atoms with E-state index >= 15 is 0 Å². The van der Waals surface area contributed by atoms with Crippen LogP contribution in [0.2, 0.25) is 0 Å². The summed E-state index contributed by atoms with van der Waals surface area (Å²) in [6.07, 6.45) is 3.38. The maximum Gasteiger partial charge on any atom is 0.271 e. The predicted molar refractivity (Wildman–Crippen MR) is 106 cm³/mol. The van der Waals surface area contributed by atoms with Crippen molar-refractivity contribution in [3.8, 4) is 0 Å². The van der Waals surface area contributed by atoms with Crippen molar-refractivity contribution in [3.05, 3.63) is 41.7 Å². The standard InChI is InChI=1S/C18H24N4O4S2/c1-13(2)10-16(21-14(3)23)17(24)12-22(11-15-6-4-5-7-19-15)28(25,26)18-20-8-9-27-18/h4-9,13,16H,10-12H2,1-3H3,(H,21,23). The fraction of sp³-hybridized carbons (Fsp3) is 0.444. The van der Waals surface area contributed by atoms with Gasteiger partial charge in [-0.15, -0.1) is 11.3 Å². The molecule has 0 saturated heterocycles. The monoisotopic (exact) mass is 424 g/mol. The molecule has 0 saturated carbocycles. The third-order valence-electron chi connectivity index (χ3n) is 3.84. The number of rotatable bonds is 10. The Hall–Kier alpha value is -2.17. The third-order valence-corrected chi connectivity index (χ3v) is 6.81. The number of nitrogens with zero attached hydrogens (tertiary/aromatic N) is 3. The SMILES string of the molecule is CC(=O)NC(CC(C)C)C(=O)CN(Cc1ccccn1)S(=O)(=O)c1nccs1. The molecule has 0 aromatic carbocycles. The van der Waals surface area contributed by atoms with Crippen molar-refractivity contribution in [2.24, 2.45) is 5.92 Å². The Bertz CT molecular complexity index is 884. The lowest BCUT2D eigenvalue weighted by Gasteiger charge is -2.24. The van der Waals surface area contributed by atoms with Crippen LogP contribution in [0.3, 0.4) is 0 Å². The molecule has 10 heteroatoms. The fourth-order valence-electron chi connectivity index (χ4n) is 2.62. The molecule has 2 heterocycles. The van der Waals surface area contributed by atoms with Gasteiger partial charge in [0.1, 0.15) is 0 Å². The lowest BCUT2D eigenvalue weighted by atomic mass is 10.00. The summed E-state index contributed by atoms with van der Waals surface area (Å²) in [5.74, 6) is -0.557. The van der Waals surface area contributed by atoms with Gasteiger partial charge in [0.25, 0.3) is 10.0 Å². The van der Waals surface area contributed by atoms with E-state index in [4.69, 9.17) is 0 Å². The molecule has 0 aliphatic heterocycles. The summed E-state index contributed by atoms with van der Waals surface area (Å²) in [4.78, 5) is 32.4. The lowest BCUT2D eigenvalue weighted by molar-refractivity contribution is -0.127. The van der Waals surface area contributed by atoms with Crippen LogP contribution < -0.4 is 5.32 Å². The number of nitrogens with one attached hydrogen (secondary N) is 1. The number of carbonyl (C=O) groups excluding carboxylic acids is 2.